The third-order valence-corrected chi connectivity index (χ3v) is 3.75. The summed E-state index contributed by atoms with van der Waals surface area (Å²) in [4.78, 5) is 34.3. The van der Waals surface area contributed by atoms with E-state index in [0.717, 1.165) is 43.0 Å². The second-order valence-corrected chi connectivity index (χ2v) is 5.59. The number of aryl methyl sites for hydroxylation is 1. The van der Waals surface area contributed by atoms with E-state index in [1.54, 1.807) is 12.1 Å². The van der Waals surface area contributed by atoms with Gasteiger partial charge in [-0.1, -0.05) is 31.5 Å². The number of carboxylic acid groups (broad SMARTS) is 2. The number of carbonyl (C=O) groups excluding carboxylic acids is 3. The Hall–Kier alpha value is -3.15. The van der Waals surface area contributed by atoms with Crippen LogP contribution in [0.25, 0.3) is 0 Å². The topological polar surface area (TPSA) is 109 Å². The van der Waals surface area contributed by atoms with Gasteiger partial charge < -0.3 is 25.1 Å². The molecule has 1 amide bonds. The van der Waals surface area contributed by atoms with E-state index < -0.39 is 23.4 Å². The summed E-state index contributed by atoms with van der Waals surface area (Å²) >= 11 is 0. The lowest BCUT2D eigenvalue weighted by atomic mass is 10.0. The highest BCUT2D eigenvalue weighted by Gasteiger charge is 2.13. The number of hydrogen-bond donors (Lipinski definition) is 1. The van der Waals surface area contributed by atoms with Crippen molar-refractivity contribution in [2.75, 3.05) is 5.32 Å². The molecule has 0 saturated carbocycles. The molecule has 130 valence electrons. The molecule has 0 atom stereocenters. The van der Waals surface area contributed by atoms with Gasteiger partial charge in [-0.2, -0.15) is 0 Å². The van der Waals surface area contributed by atoms with Crippen molar-refractivity contribution in [3.8, 4) is 0 Å². The number of benzene rings is 2. The third kappa shape index (κ3) is 4.67. The van der Waals surface area contributed by atoms with Crippen molar-refractivity contribution in [3.05, 3.63) is 64.7 Å². The van der Waals surface area contributed by atoms with Gasteiger partial charge in [0.2, 0.25) is 0 Å². The molecule has 1 N–H and O–H groups in total. The molecule has 0 radical (unpaired) electrons. The monoisotopic (exact) mass is 339 g/mol. The molecule has 2 aromatic rings. The zero-order chi connectivity index (χ0) is 18.4. The fourth-order valence-electron chi connectivity index (χ4n) is 2.37. The Bertz CT molecular complexity index is 796. The number of unbranched alkanes of at least 4 members (excludes halogenated alkanes) is 1. The summed E-state index contributed by atoms with van der Waals surface area (Å²) in [5.41, 5.74) is 0.641. The van der Waals surface area contributed by atoms with Crippen LogP contribution in [0.4, 0.5) is 5.69 Å². The Morgan fingerprint density at radius 3 is 2.16 bits per heavy atom. The van der Waals surface area contributed by atoms with E-state index >= 15 is 0 Å². The molecule has 0 unspecified atom stereocenters. The van der Waals surface area contributed by atoms with Gasteiger partial charge in [0, 0.05) is 16.8 Å². The minimum Gasteiger partial charge on any atom is -0.545 e. The molecule has 0 saturated heterocycles. The highest BCUT2D eigenvalue weighted by atomic mass is 16.4. The van der Waals surface area contributed by atoms with E-state index in [1.165, 1.54) is 0 Å². The first-order valence-electron chi connectivity index (χ1n) is 7.89. The number of nitrogens with one attached hydrogen (secondary N) is 1. The SMILES string of the molecule is CCCCc1ccc(NC(=O)c2ccc(C(=O)[O-])cc2C(=O)[O-])cc1. The van der Waals surface area contributed by atoms with Gasteiger partial charge in [0.1, 0.15) is 0 Å². The number of amides is 1. The van der Waals surface area contributed by atoms with Crippen LogP contribution in [0.2, 0.25) is 0 Å². The van der Waals surface area contributed by atoms with Crippen molar-refractivity contribution >= 4 is 23.5 Å². The lowest BCUT2D eigenvalue weighted by Crippen LogP contribution is -2.28. The molecule has 2 aromatic carbocycles. The minimum atomic E-state index is -1.64. The van der Waals surface area contributed by atoms with Crippen molar-refractivity contribution in [2.45, 2.75) is 26.2 Å². The quantitative estimate of drug-likeness (QED) is 0.809. The van der Waals surface area contributed by atoms with Crippen LogP contribution in [-0.4, -0.2) is 17.8 Å². The molecule has 0 spiro atoms. The standard InChI is InChI=1S/C19H19NO5/c1-2-3-4-12-5-8-14(9-6-12)20-17(21)15-10-7-13(18(22)23)11-16(15)19(24)25/h5-11H,2-4H2,1H3,(H,20,21)(H,22,23)(H,24,25)/p-2. The molecule has 6 heteroatoms. The van der Waals surface area contributed by atoms with Gasteiger partial charge in [-0.3, -0.25) is 4.79 Å². The second kappa shape index (κ2) is 8.10. The summed E-state index contributed by atoms with van der Waals surface area (Å²) in [5, 5.41) is 24.6. The molecule has 25 heavy (non-hydrogen) atoms. The lowest BCUT2D eigenvalue weighted by Gasteiger charge is -2.13. The summed E-state index contributed by atoms with van der Waals surface area (Å²) in [6, 6.07) is 10.3. The first-order chi connectivity index (χ1) is 11.9. The summed E-state index contributed by atoms with van der Waals surface area (Å²) in [6.07, 6.45) is 3.11. The molecule has 0 bridgehead atoms. The van der Waals surface area contributed by atoms with E-state index in [9.17, 15) is 24.6 Å². The van der Waals surface area contributed by atoms with Crippen LogP contribution < -0.4 is 15.5 Å². The van der Waals surface area contributed by atoms with E-state index in [1.807, 2.05) is 12.1 Å². The molecular formula is C19H17NO5-2. The van der Waals surface area contributed by atoms with Gasteiger partial charge in [0.25, 0.3) is 5.91 Å². The van der Waals surface area contributed by atoms with Crippen molar-refractivity contribution in [1.82, 2.24) is 0 Å². The zero-order valence-corrected chi connectivity index (χ0v) is 13.7. The molecule has 0 fully saturated rings. The van der Waals surface area contributed by atoms with Gasteiger partial charge in [0.15, 0.2) is 0 Å². The average molecular weight is 339 g/mol. The molecule has 2 rings (SSSR count). The predicted octanol–water partition coefficient (Wildman–Crippen LogP) is 1.01. The molecule has 0 heterocycles. The van der Waals surface area contributed by atoms with Crippen molar-refractivity contribution in [2.24, 2.45) is 0 Å². The van der Waals surface area contributed by atoms with E-state index in [2.05, 4.69) is 12.2 Å². The Morgan fingerprint density at radius 2 is 1.60 bits per heavy atom. The van der Waals surface area contributed by atoms with Crippen molar-refractivity contribution in [1.29, 1.82) is 0 Å². The van der Waals surface area contributed by atoms with E-state index in [4.69, 9.17) is 0 Å². The van der Waals surface area contributed by atoms with Gasteiger partial charge in [-0.25, -0.2) is 0 Å². The highest BCUT2D eigenvalue weighted by Crippen LogP contribution is 2.16. The van der Waals surface area contributed by atoms with Crippen LogP contribution in [0.1, 0.15) is 56.4 Å². The highest BCUT2D eigenvalue weighted by molar-refractivity contribution is 6.11. The van der Waals surface area contributed by atoms with Crippen LogP contribution in [0.15, 0.2) is 42.5 Å². The Labute approximate surface area is 145 Å². The van der Waals surface area contributed by atoms with Crippen molar-refractivity contribution in [3.63, 3.8) is 0 Å². The predicted molar refractivity (Wildman–Crippen MR) is 88.1 cm³/mol. The molecule has 0 aliphatic heterocycles. The lowest BCUT2D eigenvalue weighted by molar-refractivity contribution is -0.255. The fraction of sp³-hybridized carbons (Fsp3) is 0.211. The molecule has 0 aliphatic rings. The summed E-state index contributed by atoms with van der Waals surface area (Å²) in [7, 11) is 0. The fourth-order valence-corrected chi connectivity index (χ4v) is 2.37. The number of carboxylic acids is 2. The van der Waals surface area contributed by atoms with Gasteiger partial charge >= 0.3 is 0 Å². The van der Waals surface area contributed by atoms with Crippen LogP contribution in [0, 0.1) is 0 Å². The maximum atomic E-state index is 12.3. The first-order valence-corrected chi connectivity index (χ1v) is 7.89. The Morgan fingerprint density at radius 1 is 0.920 bits per heavy atom. The number of aromatic carboxylic acids is 2. The van der Waals surface area contributed by atoms with Crippen LogP contribution >= 0.6 is 0 Å². The number of hydrogen-bond acceptors (Lipinski definition) is 5. The van der Waals surface area contributed by atoms with Gasteiger partial charge in [0.05, 0.1) is 11.9 Å². The molecule has 0 aromatic heterocycles. The van der Waals surface area contributed by atoms with Crippen molar-refractivity contribution < 1.29 is 24.6 Å². The molecule has 6 nitrogen and oxygen atoms in total. The molecule has 0 aliphatic carbocycles. The normalized spacial score (nSPS) is 10.3. The summed E-state index contributed by atoms with van der Waals surface area (Å²) in [6.45, 7) is 2.11. The second-order valence-electron chi connectivity index (χ2n) is 5.59. The number of carbonyl (C=O) groups is 3. The number of rotatable bonds is 7. The van der Waals surface area contributed by atoms with E-state index in [-0.39, 0.29) is 11.1 Å². The zero-order valence-electron chi connectivity index (χ0n) is 13.7. The van der Waals surface area contributed by atoms with Crippen LogP contribution in [0.5, 0.6) is 0 Å². The summed E-state index contributed by atoms with van der Waals surface area (Å²) in [5.74, 6) is -3.83. The number of anilines is 1. The van der Waals surface area contributed by atoms with Gasteiger partial charge in [-0.15, -0.1) is 0 Å². The minimum absolute atomic E-state index is 0.181. The van der Waals surface area contributed by atoms with E-state index in [0.29, 0.717) is 5.69 Å². The van der Waals surface area contributed by atoms with Crippen LogP contribution in [0.3, 0.4) is 0 Å². The molecular weight excluding hydrogens is 322 g/mol. The smallest absolute Gasteiger partial charge is 0.256 e. The average Bonchev–Trinajstić information content (AvgIpc) is 2.60. The van der Waals surface area contributed by atoms with Gasteiger partial charge in [-0.05, 0) is 48.2 Å². The first kappa shape index (κ1) is 18.2. The third-order valence-electron chi connectivity index (χ3n) is 3.75. The Balaban J connectivity index is 2.20. The maximum Gasteiger partial charge on any atom is 0.256 e. The Kier molecular flexibility index (Phi) is 5.89. The van der Waals surface area contributed by atoms with Crippen LogP contribution in [-0.2, 0) is 6.42 Å². The maximum absolute atomic E-state index is 12.3. The summed E-state index contributed by atoms with van der Waals surface area (Å²) < 4.78 is 0. The largest absolute Gasteiger partial charge is 0.545 e.